The van der Waals surface area contributed by atoms with E-state index in [1.54, 1.807) is 6.20 Å². The normalized spacial score (nSPS) is 24.3. The molecule has 0 radical (unpaired) electrons. The van der Waals surface area contributed by atoms with Gasteiger partial charge in [0.15, 0.2) is 0 Å². The fourth-order valence-corrected chi connectivity index (χ4v) is 2.72. The second-order valence-corrected chi connectivity index (χ2v) is 5.49. The Labute approximate surface area is 115 Å². The fourth-order valence-electron chi connectivity index (χ4n) is 2.72. The first-order valence-corrected chi connectivity index (χ1v) is 7.08. The van der Waals surface area contributed by atoms with E-state index in [1.165, 1.54) is 0 Å². The fraction of sp³-hybridized carbons (Fsp3) is 0.846. The Bertz CT molecular complexity index is 394. The molecule has 0 amide bonds. The molecule has 0 aliphatic carbocycles. The van der Waals surface area contributed by atoms with Gasteiger partial charge in [0.2, 0.25) is 0 Å². The van der Waals surface area contributed by atoms with Crippen LogP contribution in [-0.4, -0.2) is 69.7 Å². The molecule has 1 aromatic heterocycles. The minimum atomic E-state index is -0.535. The van der Waals surface area contributed by atoms with E-state index in [1.807, 2.05) is 4.68 Å². The third-order valence-corrected chi connectivity index (χ3v) is 3.87. The molecule has 1 saturated heterocycles. The summed E-state index contributed by atoms with van der Waals surface area (Å²) in [5.41, 5.74) is 0.828. The molecule has 108 valence electrons. The predicted molar refractivity (Wildman–Crippen MR) is 73.8 cm³/mol. The molecule has 1 N–H and O–H groups in total. The first-order valence-electron chi connectivity index (χ1n) is 7.08. The van der Waals surface area contributed by atoms with E-state index in [2.05, 4.69) is 41.1 Å². The molecule has 2 atom stereocenters. The molecule has 0 bridgehead atoms. The summed E-state index contributed by atoms with van der Waals surface area (Å²) in [6.07, 6.45) is 3.29. The van der Waals surface area contributed by atoms with Crippen LogP contribution in [0.3, 0.4) is 0 Å². The van der Waals surface area contributed by atoms with Crippen LogP contribution in [0.4, 0.5) is 0 Å². The number of aliphatic hydroxyl groups excluding tert-OH is 1. The van der Waals surface area contributed by atoms with Crippen LogP contribution in [0.1, 0.15) is 31.6 Å². The number of aliphatic hydroxyl groups is 1. The molecule has 0 aromatic carbocycles. The second-order valence-electron chi connectivity index (χ2n) is 5.49. The van der Waals surface area contributed by atoms with Crippen LogP contribution in [-0.2, 0) is 6.54 Å². The summed E-state index contributed by atoms with van der Waals surface area (Å²) in [5, 5.41) is 18.7. The zero-order valence-electron chi connectivity index (χ0n) is 12.2. The number of aryl methyl sites for hydroxylation is 1. The number of likely N-dealkylation sites (N-methyl/N-ethyl adjacent to an activating group) is 2. The molecule has 2 rings (SSSR count). The maximum absolute atomic E-state index is 10.7. The highest BCUT2D eigenvalue weighted by Crippen LogP contribution is 2.22. The smallest absolute Gasteiger partial charge is 0.114 e. The van der Waals surface area contributed by atoms with Gasteiger partial charge in [0.1, 0.15) is 6.10 Å². The lowest BCUT2D eigenvalue weighted by molar-refractivity contribution is 0.0509. The average molecular weight is 267 g/mol. The molecular weight excluding hydrogens is 242 g/mol. The first kappa shape index (κ1) is 14.4. The van der Waals surface area contributed by atoms with Crippen molar-refractivity contribution < 1.29 is 5.11 Å². The van der Waals surface area contributed by atoms with Crippen molar-refractivity contribution in [2.45, 2.75) is 38.5 Å². The van der Waals surface area contributed by atoms with Crippen LogP contribution in [0, 0.1) is 0 Å². The van der Waals surface area contributed by atoms with Gasteiger partial charge in [-0.3, -0.25) is 4.90 Å². The highest BCUT2D eigenvalue weighted by atomic mass is 16.3. The Morgan fingerprint density at radius 3 is 2.95 bits per heavy atom. The van der Waals surface area contributed by atoms with Crippen LogP contribution in [0.5, 0.6) is 0 Å². The van der Waals surface area contributed by atoms with E-state index in [0.717, 1.165) is 44.7 Å². The van der Waals surface area contributed by atoms with E-state index < -0.39 is 6.10 Å². The molecule has 2 heterocycles. The minimum Gasteiger partial charge on any atom is -0.385 e. The summed E-state index contributed by atoms with van der Waals surface area (Å²) in [6.45, 7) is 5.87. The van der Waals surface area contributed by atoms with Crippen molar-refractivity contribution in [1.29, 1.82) is 0 Å². The van der Waals surface area contributed by atoms with Crippen molar-refractivity contribution >= 4 is 0 Å². The molecule has 19 heavy (non-hydrogen) atoms. The predicted octanol–water partition coefficient (Wildman–Crippen LogP) is 0.357. The van der Waals surface area contributed by atoms with E-state index in [0.29, 0.717) is 0 Å². The molecule has 1 fully saturated rings. The SMILES string of the molecule is CCCn1nncc1C(O)C1CN(C)CCCN1C. The van der Waals surface area contributed by atoms with Gasteiger partial charge in [-0.15, -0.1) is 5.10 Å². The van der Waals surface area contributed by atoms with Gasteiger partial charge in [-0.25, -0.2) is 4.68 Å². The molecule has 6 nitrogen and oxygen atoms in total. The molecule has 0 spiro atoms. The molecule has 0 saturated carbocycles. The Hall–Kier alpha value is -0.980. The molecule has 1 aliphatic heterocycles. The van der Waals surface area contributed by atoms with Crippen molar-refractivity contribution in [2.24, 2.45) is 0 Å². The van der Waals surface area contributed by atoms with Gasteiger partial charge < -0.3 is 10.0 Å². The zero-order valence-corrected chi connectivity index (χ0v) is 12.2. The van der Waals surface area contributed by atoms with Gasteiger partial charge in [0.25, 0.3) is 0 Å². The third kappa shape index (κ3) is 3.32. The maximum atomic E-state index is 10.7. The molecule has 2 unspecified atom stereocenters. The van der Waals surface area contributed by atoms with Crippen LogP contribution in [0.15, 0.2) is 6.20 Å². The van der Waals surface area contributed by atoms with Gasteiger partial charge in [-0.1, -0.05) is 12.1 Å². The second kappa shape index (κ2) is 6.45. The summed E-state index contributed by atoms with van der Waals surface area (Å²) in [5.74, 6) is 0. The minimum absolute atomic E-state index is 0.0987. The van der Waals surface area contributed by atoms with E-state index in [-0.39, 0.29) is 6.04 Å². The monoisotopic (exact) mass is 267 g/mol. The van der Waals surface area contributed by atoms with E-state index >= 15 is 0 Å². The summed E-state index contributed by atoms with van der Waals surface area (Å²) in [6, 6.07) is 0.0987. The highest BCUT2D eigenvalue weighted by molar-refractivity contribution is 5.04. The van der Waals surface area contributed by atoms with Gasteiger partial charge in [0, 0.05) is 13.1 Å². The van der Waals surface area contributed by atoms with Gasteiger partial charge in [0.05, 0.1) is 17.9 Å². The van der Waals surface area contributed by atoms with Crippen LogP contribution in [0.2, 0.25) is 0 Å². The average Bonchev–Trinajstić information content (AvgIpc) is 2.76. The molecule has 1 aliphatic rings. The third-order valence-electron chi connectivity index (χ3n) is 3.87. The van der Waals surface area contributed by atoms with Crippen molar-refractivity contribution in [2.75, 3.05) is 33.7 Å². The molecule has 1 aromatic rings. The summed E-state index contributed by atoms with van der Waals surface area (Å²) in [4.78, 5) is 4.53. The van der Waals surface area contributed by atoms with Gasteiger partial charge in [-0.05, 0) is 40.0 Å². The van der Waals surface area contributed by atoms with Gasteiger partial charge in [-0.2, -0.15) is 0 Å². The number of nitrogens with zero attached hydrogens (tertiary/aromatic N) is 5. The van der Waals surface area contributed by atoms with Gasteiger partial charge >= 0.3 is 0 Å². The molecule has 6 heteroatoms. The first-order chi connectivity index (χ1) is 9.13. The Kier molecular flexibility index (Phi) is 4.90. The van der Waals surface area contributed by atoms with E-state index in [4.69, 9.17) is 0 Å². The lowest BCUT2D eigenvalue weighted by atomic mass is 10.1. The summed E-state index contributed by atoms with van der Waals surface area (Å²) >= 11 is 0. The van der Waals surface area contributed by atoms with Crippen molar-refractivity contribution in [3.8, 4) is 0 Å². The van der Waals surface area contributed by atoms with Crippen molar-refractivity contribution in [1.82, 2.24) is 24.8 Å². The largest absolute Gasteiger partial charge is 0.385 e. The number of rotatable bonds is 4. The molecular formula is C13H25N5O. The Morgan fingerprint density at radius 1 is 1.42 bits per heavy atom. The van der Waals surface area contributed by atoms with Crippen molar-refractivity contribution in [3.05, 3.63) is 11.9 Å². The standard InChI is InChI=1S/C13H25N5O/c1-4-6-18-11(9-14-15-18)13(19)12-10-16(2)7-5-8-17(12)3/h9,12-13,19H,4-8,10H2,1-3H3. The quantitative estimate of drug-likeness (QED) is 0.853. The van der Waals surface area contributed by atoms with Crippen LogP contribution in [0.25, 0.3) is 0 Å². The number of hydrogen-bond donors (Lipinski definition) is 1. The lowest BCUT2D eigenvalue weighted by Gasteiger charge is -2.31. The van der Waals surface area contributed by atoms with Crippen LogP contribution < -0.4 is 0 Å². The summed E-state index contributed by atoms with van der Waals surface area (Å²) in [7, 11) is 4.20. The number of hydrogen-bond acceptors (Lipinski definition) is 5. The highest BCUT2D eigenvalue weighted by Gasteiger charge is 2.30. The van der Waals surface area contributed by atoms with Crippen molar-refractivity contribution in [3.63, 3.8) is 0 Å². The topological polar surface area (TPSA) is 57.4 Å². The summed E-state index contributed by atoms with van der Waals surface area (Å²) < 4.78 is 1.82. The Balaban J connectivity index is 2.16. The Morgan fingerprint density at radius 2 is 2.21 bits per heavy atom. The maximum Gasteiger partial charge on any atom is 0.114 e. The van der Waals surface area contributed by atoms with E-state index in [9.17, 15) is 5.11 Å². The zero-order chi connectivity index (χ0) is 13.8. The number of aromatic nitrogens is 3. The van der Waals surface area contributed by atoms with Crippen LogP contribution >= 0.6 is 0 Å². The lowest BCUT2D eigenvalue weighted by Crippen LogP contribution is -2.42.